The molecule has 72 valence electrons. The molecule has 2 heteroatoms. The predicted molar refractivity (Wildman–Crippen MR) is 56.8 cm³/mol. The van der Waals surface area contributed by atoms with Crippen LogP contribution in [0.2, 0.25) is 0 Å². The fourth-order valence-electron chi connectivity index (χ4n) is 1.20. The van der Waals surface area contributed by atoms with Gasteiger partial charge in [0.1, 0.15) is 6.07 Å². The second-order valence-corrected chi connectivity index (χ2v) is 3.92. The van der Waals surface area contributed by atoms with Crippen molar-refractivity contribution in [2.45, 2.75) is 26.2 Å². The molecule has 0 amide bonds. The van der Waals surface area contributed by atoms with Gasteiger partial charge in [0.15, 0.2) is 0 Å². The molecule has 0 atom stereocenters. The molecule has 0 saturated carbocycles. The van der Waals surface area contributed by atoms with Crippen molar-refractivity contribution in [3.63, 3.8) is 0 Å². The van der Waals surface area contributed by atoms with E-state index in [4.69, 9.17) is 5.26 Å². The summed E-state index contributed by atoms with van der Waals surface area (Å²) in [6.45, 7) is 9.94. The van der Waals surface area contributed by atoms with Crippen LogP contribution in [0.4, 0.5) is 0 Å². The zero-order valence-corrected chi connectivity index (χ0v) is 8.83. The molecule has 0 aliphatic rings. The summed E-state index contributed by atoms with van der Waals surface area (Å²) < 4.78 is 0. The summed E-state index contributed by atoms with van der Waals surface area (Å²) in [7, 11) is 0. The number of nitrogens with zero attached hydrogens (tertiary/aromatic N) is 2. The number of allylic oxidation sites excluding steroid dienone is 1. The number of aromatic nitrogens is 1. The van der Waals surface area contributed by atoms with Crippen LogP contribution in [0.5, 0.6) is 0 Å². The third-order valence-corrected chi connectivity index (χ3v) is 2.59. The molecule has 0 N–H and O–H groups in total. The molecule has 0 aliphatic carbocycles. The van der Waals surface area contributed by atoms with E-state index in [-0.39, 0.29) is 5.41 Å². The molecule has 2 nitrogen and oxygen atoms in total. The third-order valence-electron chi connectivity index (χ3n) is 2.59. The minimum absolute atomic E-state index is 0.244. The number of hydrogen-bond acceptors (Lipinski definition) is 2. The van der Waals surface area contributed by atoms with Crippen molar-refractivity contribution in [2.75, 3.05) is 0 Å². The van der Waals surface area contributed by atoms with Crippen molar-refractivity contribution in [2.24, 2.45) is 0 Å². The second-order valence-electron chi connectivity index (χ2n) is 3.92. The first-order chi connectivity index (χ1) is 6.50. The van der Waals surface area contributed by atoms with E-state index < -0.39 is 0 Å². The Kier molecular flexibility index (Phi) is 2.71. The molecular weight excluding hydrogens is 172 g/mol. The first kappa shape index (κ1) is 10.5. The molecule has 0 bridgehead atoms. The Bertz CT molecular complexity index is 397. The Morgan fingerprint density at radius 2 is 2.21 bits per heavy atom. The van der Waals surface area contributed by atoms with Crippen molar-refractivity contribution in [1.29, 1.82) is 5.26 Å². The summed E-state index contributed by atoms with van der Waals surface area (Å²) in [5.74, 6) is 0. The summed E-state index contributed by atoms with van der Waals surface area (Å²) >= 11 is 0. The van der Waals surface area contributed by atoms with Gasteiger partial charge < -0.3 is 0 Å². The molecule has 0 unspecified atom stereocenters. The molecule has 0 fully saturated rings. The van der Waals surface area contributed by atoms with Crippen LogP contribution in [-0.2, 0) is 5.41 Å². The highest BCUT2D eigenvalue weighted by Crippen LogP contribution is 2.30. The second kappa shape index (κ2) is 3.63. The normalized spacial score (nSPS) is 10.7. The van der Waals surface area contributed by atoms with Gasteiger partial charge in [0, 0.05) is 11.6 Å². The van der Waals surface area contributed by atoms with E-state index in [1.54, 1.807) is 18.3 Å². The zero-order valence-electron chi connectivity index (χ0n) is 8.83. The average Bonchev–Trinajstić information content (AvgIpc) is 2.17. The lowest BCUT2D eigenvalue weighted by atomic mass is 9.80. The van der Waals surface area contributed by atoms with E-state index in [2.05, 4.69) is 17.6 Å². The van der Waals surface area contributed by atoms with Crippen LogP contribution in [0.25, 0.3) is 0 Å². The summed E-state index contributed by atoms with van der Waals surface area (Å²) in [5.41, 5.74) is 2.19. The van der Waals surface area contributed by atoms with E-state index >= 15 is 0 Å². The highest BCUT2D eigenvalue weighted by atomic mass is 14.7. The van der Waals surface area contributed by atoms with Crippen molar-refractivity contribution in [3.05, 3.63) is 41.7 Å². The van der Waals surface area contributed by atoms with Crippen molar-refractivity contribution >= 4 is 0 Å². The zero-order chi connectivity index (χ0) is 10.8. The topological polar surface area (TPSA) is 36.7 Å². The van der Waals surface area contributed by atoms with Gasteiger partial charge in [-0.3, -0.25) is 4.98 Å². The molecule has 1 aromatic heterocycles. The van der Waals surface area contributed by atoms with Crippen molar-refractivity contribution in [3.8, 4) is 6.07 Å². The van der Waals surface area contributed by atoms with E-state index in [1.807, 2.05) is 20.8 Å². The molecule has 0 spiro atoms. The van der Waals surface area contributed by atoms with E-state index in [0.29, 0.717) is 5.56 Å². The molecule has 0 saturated heterocycles. The first-order valence-electron chi connectivity index (χ1n) is 4.51. The molecule has 1 heterocycles. The minimum Gasteiger partial charge on any atom is -0.259 e. The Hall–Kier alpha value is -1.62. The predicted octanol–water partition coefficient (Wildman–Crippen LogP) is 2.81. The van der Waals surface area contributed by atoms with Gasteiger partial charge in [0.25, 0.3) is 0 Å². The number of nitriles is 1. The SMILES string of the molecule is C=C(C)C(C)(C)c1ncccc1C#N. The van der Waals surface area contributed by atoms with Crippen LogP contribution in [0.15, 0.2) is 30.5 Å². The van der Waals surface area contributed by atoms with Gasteiger partial charge in [-0.1, -0.05) is 26.0 Å². The molecule has 0 aliphatic heterocycles. The maximum Gasteiger partial charge on any atom is 0.101 e. The van der Waals surface area contributed by atoms with E-state index in [9.17, 15) is 0 Å². The van der Waals surface area contributed by atoms with Crippen molar-refractivity contribution < 1.29 is 0 Å². The van der Waals surface area contributed by atoms with Crippen LogP contribution in [0, 0.1) is 11.3 Å². The maximum atomic E-state index is 8.94. The highest BCUT2D eigenvalue weighted by Gasteiger charge is 2.25. The van der Waals surface area contributed by atoms with Crippen LogP contribution in [-0.4, -0.2) is 4.98 Å². The molecular formula is C12H14N2. The van der Waals surface area contributed by atoms with Crippen LogP contribution >= 0.6 is 0 Å². The fraction of sp³-hybridized carbons (Fsp3) is 0.333. The lowest BCUT2D eigenvalue weighted by Crippen LogP contribution is -2.21. The van der Waals surface area contributed by atoms with Gasteiger partial charge in [0.05, 0.1) is 11.3 Å². The molecule has 0 aromatic carbocycles. The number of rotatable bonds is 2. The van der Waals surface area contributed by atoms with Crippen LogP contribution in [0.1, 0.15) is 32.0 Å². The van der Waals surface area contributed by atoms with Crippen LogP contribution in [0.3, 0.4) is 0 Å². The van der Waals surface area contributed by atoms with Gasteiger partial charge in [-0.25, -0.2) is 0 Å². The summed E-state index contributed by atoms with van der Waals surface area (Å²) in [6.07, 6.45) is 1.71. The lowest BCUT2D eigenvalue weighted by Gasteiger charge is -2.25. The first-order valence-corrected chi connectivity index (χ1v) is 4.51. The third kappa shape index (κ3) is 1.67. The summed E-state index contributed by atoms with van der Waals surface area (Å²) in [5, 5.41) is 8.94. The standard InChI is InChI=1S/C12H14N2/c1-9(2)12(3,4)11-10(8-13)6-5-7-14-11/h5-7H,1H2,2-4H3. The van der Waals surface area contributed by atoms with Gasteiger partial charge in [-0.05, 0) is 19.1 Å². The summed E-state index contributed by atoms with van der Waals surface area (Å²) in [6, 6.07) is 5.71. The maximum absolute atomic E-state index is 8.94. The van der Waals surface area contributed by atoms with Gasteiger partial charge in [-0.15, -0.1) is 0 Å². The molecule has 0 radical (unpaired) electrons. The Morgan fingerprint density at radius 3 is 2.71 bits per heavy atom. The minimum atomic E-state index is -0.244. The quantitative estimate of drug-likeness (QED) is 0.666. The van der Waals surface area contributed by atoms with Crippen molar-refractivity contribution in [1.82, 2.24) is 4.98 Å². The Morgan fingerprint density at radius 1 is 1.57 bits per heavy atom. The smallest absolute Gasteiger partial charge is 0.101 e. The van der Waals surface area contributed by atoms with E-state index in [0.717, 1.165) is 11.3 Å². The largest absolute Gasteiger partial charge is 0.259 e. The van der Waals surface area contributed by atoms with Gasteiger partial charge in [0.2, 0.25) is 0 Å². The monoisotopic (exact) mass is 186 g/mol. The number of hydrogen-bond donors (Lipinski definition) is 0. The molecule has 1 aromatic rings. The Balaban J connectivity index is 3.33. The Labute approximate surface area is 84.9 Å². The average molecular weight is 186 g/mol. The lowest BCUT2D eigenvalue weighted by molar-refractivity contribution is 0.601. The van der Waals surface area contributed by atoms with Gasteiger partial charge >= 0.3 is 0 Å². The van der Waals surface area contributed by atoms with Crippen LogP contribution < -0.4 is 0 Å². The number of pyridine rings is 1. The molecule has 14 heavy (non-hydrogen) atoms. The fourth-order valence-corrected chi connectivity index (χ4v) is 1.20. The van der Waals surface area contributed by atoms with Gasteiger partial charge in [-0.2, -0.15) is 5.26 Å². The summed E-state index contributed by atoms with van der Waals surface area (Å²) in [4.78, 5) is 4.26. The van der Waals surface area contributed by atoms with E-state index in [1.165, 1.54) is 0 Å². The highest BCUT2D eigenvalue weighted by molar-refractivity contribution is 5.40. The molecule has 1 rings (SSSR count).